The van der Waals surface area contributed by atoms with Crippen molar-refractivity contribution in [2.45, 2.75) is 52.2 Å². The van der Waals surface area contributed by atoms with Crippen LogP contribution in [0.5, 0.6) is 0 Å². The van der Waals surface area contributed by atoms with E-state index in [9.17, 15) is 4.79 Å². The number of likely N-dealkylation sites (tertiary alicyclic amines) is 1. The van der Waals surface area contributed by atoms with Crippen LogP contribution >= 0.6 is 12.4 Å². The smallest absolute Gasteiger partial charge is 0.276 e. The number of rotatable bonds is 5. The first-order valence-corrected chi connectivity index (χ1v) is 9.09. The largest absolute Gasteiger partial charge is 0.376 e. The number of halogens is 1. The second kappa shape index (κ2) is 8.96. The van der Waals surface area contributed by atoms with Crippen molar-refractivity contribution < 1.29 is 9.53 Å². The van der Waals surface area contributed by atoms with E-state index in [1.54, 1.807) is 0 Å². The summed E-state index contributed by atoms with van der Waals surface area (Å²) in [6, 6.07) is 0.348. The van der Waals surface area contributed by atoms with Gasteiger partial charge in [-0.3, -0.25) is 4.79 Å². The summed E-state index contributed by atoms with van der Waals surface area (Å²) < 4.78 is 7.81. The fraction of sp³-hybridized carbons (Fsp3) is 0.824. The molecule has 3 rings (SSSR count). The van der Waals surface area contributed by atoms with Gasteiger partial charge in [-0.1, -0.05) is 19.1 Å². The normalized spacial score (nSPS) is 21.6. The SMILES string of the molecule is Cc1c(C(=O)N2CCC(OCC(C)C)C2)nnn1C1CCNCC1.Cl. The first kappa shape index (κ1) is 20.1. The Labute approximate surface area is 155 Å². The molecule has 1 atom stereocenters. The minimum Gasteiger partial charge on any atom is -0.376 e. The van der Waals surface area contributed by atoms with E-state index in [2.05, 4.69) is 29.5 Å². The summed E-state index contributed by atoms with van der Waals surface area (Å²) in [6.45, 7) is 10.4. The molecular formula is C17H30ClN5O2. The van der Waals surface area contributed by atoms with Crippen LogP contribution in [0.4, 0.5) is 0 Å². The molecule has 2 saturated heterocycles. The maximum atomic E-state index is 12.8. The second-order valence-corrected chi connectivity index (χ2v) is 7.34. The number of hydrogen-bond donors (Lipinski definition) is 1. The van der Waals surface area contributed by atoms with Crippen LogP contribution in [-0.2, 0) is 4.74 Å². The van der Waals surface area contributed by atoms with Crippen LogP contribution in [0.15, 0.2) is 0 Å². The lowest BCUT2D eigenvalue weighted by Crippen LogP contribution is -2.32. The third-order valence-electron chi connectivity index (χ3n) is 4.88. The van der Waals surface area contributed by atoms with Crippen LogP contribution < -0.4 is 5.32 Å². The van der Waals surface area contributed by atoms with Crippen molar-refractivity contribution >= 4 is 18.3 Å². The second-order valence-electron chi connectivity index (χ2n) is 7.34. The summed E-state index contributed by atoms with van der Waals surface area (Å²) in [7, 11) is 0. The molecule has 0 radical (unpaired) electrons. The summed E-state index contributed by atoms with van der Waals surface area (Å²) in [6.07, 6.45) is 3.12. The molecular weight excluding hydrogens is 342 g/mol. The first-order valence-electron chi connectivity index (χ1n) is 9.09. The summed E-state index contributed by atoms with van der Waals surface area (Å²) in [5.74, 6) is 0.505. The Balaban J connectivity index is 0.00000225. The highest BCUT2D eigenvalue weighted by Crippen LogP contribution is 2.22. The van der Waals surface area contributed by atoms with Crippen molar-refractivity contribution in [1.82, 2.24) is 25.2 Å². The zero-order valence-electron chi connectivity index (χ0n) is 15.4. The minimum absolute atomic E-state index is 0. The molecule has 1 amide bonds. The molecule has 2 aliphatic heterocycles. The van der Waals surface area contributed by atoms with Crippen LogP contribution in [0.2, 0.25) is 0 Å². The van der Waals surface area contributed by atoms with Gasteiger partial charge in [0.1, 0.15) is 0 Å². The highest BCUT2D eigenvalue weighted by atomic mass is 35.5. The number of nitrogens with one attached hydrogen (secondary N) is 1. The Morgan fingerprint density at radius 3 is 2.72 bits per heavy atom. The molecule has 0 bridgehead atoms. The lowest BCUT2D eigenvalue weighted by atomic mass is 10.1. The van der Waals surface area contributed by atoms with Crippen LogP contribution in [0.25, 0.3) is 0 Å². The molecule has 7 nitrogen and oxygen atoms in total. The highest BCUT2D eigenvalue weighted by molar-refractivity contribution is 5.93. The van der Waals surface area contributed by atoms with Gasteiger partial charge in [-0.2, -0.15) is 0 Å². The molecule has 0 aliphatic carbocycles. The summed E-state index contributed by atoms with van der Waals surface area (Å²) in [5.41, 5.74) is 1.39. The summed E-state index contributed by atoms with van der Waals surface area (Å²) >= 11 is 0. The first-order chi connectivity index (χ1) is 11.6. The molecule has 2 fully saturated rings. The van der Waals surface area contributed by atoms with Crippen LogP contribution in [0.1, 0.15) is 55.3 Å². The number of amides is 1. The fourth-order valence-corrected chi connectivity index (χ4v) is 3.46. The van der Waals surface area contributed by atoms with E-state index in [4.69, 9.17) is 4.74 Å². The van der Waals surface area contributed by atoms with Gasteiger partial charge in [0, 0.05) is 19.7 Å². The summed E-state index contributed by atoms with van der Waals surface area (Å²) in [4.78, 5) is 14.6. The molecule has 25 heavy (non-hydrogen) atoms. The number of hydrogen-bond acceptors (Lipinski definition) is 5. The van der Waals surface area contributed by atoms with Gasteiger partial charge in [-0.15, -0.1) is 17.5 Å². The van der Waals surface area contributed by atoms with Crippen molar-refractivity contribution in [2.75, 3.05) is 32.8 Å². The Bertz CT molecular complexity index is 571. The molecule has 8 heteroatoms. The zero-order valence-corrected chi connectivity index (χ0v) is 16.2. The van der Waals surface area contributed by atoms with Gasteiger partial charge in [-0.25, -0.2) is 4.68 Å². The Morgan fingerprint density at radius 1 is 1.32 bits per heavy atom. The number of piperidine rings is 1. The third kappa shape index (κ3) is 4.71. The zero-order chi connectivity index (χ0) is 17.1. The predicted molar refractivity (Wildman–Crippen MR) is 98.2 cm³/mol. The van der Waals surface area contributed by atoms with E-state index in [0.717, 1.165) is 51.2 Å². The lowest BCUT2D eigenvalue weighted by molar-refractivity contribution is 0.0395. The Morgan fingerprint density at radius 2 is 2.04 bits per heavy atom. The Hall–Kier alpha value is -1.18. The van der Waals surface area contributed by atoms with Crippen molar-refractivity contribution in [3.8, 4) is 0 Å². The molecule has 1 unspecified atom stereocenters. The number of ether oxygens (including phenoxy) is 1. The molecule has 3 heterocycles. The van der Waals surface area contributed by atoms with Crippen LogP contribution in [0, 0.1) is 12.8 Å². The Kier molecular flexibility index (Phi) is 7.22. The van der Waals surface area contributed by atoms with E-state index in [1.807, 2.05) is 16.5 Å². The molecule has 0 aromatic carbocycles. The standard InChI is InChI=1S/C17H29N5O2.ClH/c1-12(2)11-24-15-6-9-21(10-15)17(23)16-13(3)22(20-19-16)14-4-7-18-8-5-14;/h12,14-15,18H,4-11H2,1-3H3;1H. The molecule has 1 aromatic rings. The third-order valence-corrected chi connectivity index (χ3v) is 4.88. The molecule has 2 aliphatic rings. The van der Waals surface area contributed by atoms with Gasteiger partial charge in [0.05, 0.1) is 17.8 Å². The maximum absolute atomic E-state index is 12.8. The molecule has 1 aromatic heterocycles. The lowest BCUT2D eigenvalue weighted by Gasteiger charge is -2.23. The van der Waals surface area contributed by atoms with Gasteiger partial charge in [-0.05, 0) is 45.2 Å². The van der Waals surface area contributed by atoms with Gasteiger partial charge in [0.15, 0.2) is 5.69 Å². The molecule has 0 spiro atoms. The predicted octanol–water partition coefficient (Wildman–Crippen LogP) is 1.82. The topological polar surface area (TPSA) is 72.3 Å². The molecule has 0 saturated carbocycles. The minimum atomic E-state index is -0.0108. The number of aromatic nitrogens is 3. The van der Waals surface area contributed by atoms with E-state index >= 15 is 0 Å². The van der Waals surface area contributed by atoms with E-state index < -0.39 is 0 Å². The van der Waals surface area contributed by atoms with Crippen molar-refractivity contribution in [1.29, 1.82) is 0 Å². The summed E-state index contributed by atoms with van der Waals surface area (Å²) in [5, 5.41) is 11.8. The van der Waals surface area contributed by atoms with Crippen molar-refractivity contribution in [3.05, 3.63) is 11.4 Å². The monoisotopic (exact) mass is 371 g/mol. The van der Waals surface area contributed by atoms with E-state index in [0.29, 0.717) is 24.2 Å². The fourth-order valence-electron chi connectivity index (χ4n) is 3.46. The quantitative estimate of drug-likeness (QED) is 0.854. The molecule has 1 N–H and O–H groups in total. The van der Waals surface area contributed by atoms with Crippen molar-refractivity contribution in [2.24, 2.45) is 5.92 Å². The number of nitrogens with zero attached hydrogens (tertiary/aromatic N) is 4. The average molecular weight is 372 g/mol. The van der Waals surface area contributed by atoms with Gasteiger partial charge in [0.2, 0.25) is 0 Å². The molecule has 142 valence electrons. The van der Waals surface area contributed by atoms with Gasteiger partial charge >= 0.3 is 0 Å². The van der Waals surface area contributed by atoms with E-state index in [1.165, 1.54) is 0 Å². The van der Waals surface area contributed by atoms with Crippen molar-refractivity contribution in [3.63, 3.8) is 0 Å². The van der Waals surface area contributed by atoms with Crippen LogP contribution in [0.3, 0.4) is 0 Å². The van der Waals surface area contributed by atoms with E-state index in [-0.39, 0.29) is 24.4 Å². The number of carbonyl (C=O) groups excluding carboxylic acids is 1. The van der Waals surface area contributed by atoms with Gasteiger partial charge in [0.25, 0.3) is 5.91 Å². The van der Waals surface area contributed by atoms with Crippen LogP contribution in [-0.4, -0.2) is 64.7 Å². The number of carbonyl (C=O) groups is 1. The highest BCUT2D eigenvalue weighted by Gasteiger charge is 2.31. The van der Waals surface area contributed by atoms with Gasteiger partial charge < -0.3 is 15.0 Å². The maximum Gasteiger partial charge on any atom is 0.276 e. The average Bonchev–Trinajstić information content (AvgIpc) is 3.20.